The van der Waals surface area contributed by atoms with Gasteiger partial charge in [-0.15, -0.1) is 0 Å². The highest BCUT2D eigenvalue weighted by Gasteiger charge is 2.13. The molecule has 0 N–H and O–H groups in total. The van der Waals surface area contributed by atoms with Crippen LogP contribution in [0.25, 0.3) is 10.8 Å². The normalized spacial score (nSPS) is 10.7. The minimum absolute atomic E-state index is 0.858. The average molecular weight is 431 g/mol. The lowest BCUT2D eigenvalue weighted by Crippen LogP contribution is -2.11. The van der Waals surface area contributed by atoms with Crippen LogP contribution in [0.15, 0.2) is 121 Å². The fraction of sp³-hybridized carbons (Fsp3) is 0.0667. The maximum Gasteiger partial charge on any atom is 0.119 e. The van der Waals surface area contributed by atoms with Gasteiger partial charge >= 0.3 is 0 Å². The predicted octanol–water partition coefficient (Wildman–Crippen LogP) is 8.09. The minimum atomic E-state index is 0.858. The molecule has 5 aromatic rings. The molecule has 0 saturated carbocycles. The Morgan fingerprint density at radius 3 is 1.67 bits per heavy atom. The van der Waals surface area contributed by atoms with Crippen LogP contribution in [0, 0.1) is 0 Å². The standard InChI is InChI=1S/C30H26N2O/c1-31(26-18-20-30(33-2)21-19-26)25-14-16-28(17-15-25)32(27-10-4-3-5-11-27)29-13-12-23-8-6-7-9-24(23)22-29/h3-22H,1-2H3. The van der Waals surface area contributed by atoms with Crippen molar-refractivity contribution in [3.63, 3.8) is 0 Å². The first-order valence-electron chi connectivity index (χ1n) is 11.0. The van der Waals surface area contributed by atoms with Crippen molar-refractivity contribution < 1.29 is 4.74 Å². The number of ether oxygens (including phenoxy) is 1. The second-order valence-corrected chi connectivity index (χ2v) is 7.98. The Kier molecular flexibility index (Phi) is 5.69. The molecule has 0 radical (unpaired) electrons. The van der Waals surface area contributed by atoms with Gasteiger partial charge in [0, 0.05) is 35.5 Å². The Morgan fingerprint density at radius 2 is 1.00 bits per heavy atom. The first-order valence-corrected chi connectivity index (χ1v) is 11.0. The molecule has 0 atom stereocenters. The highest BCUT2D eigenvalue weighted by atomic mass is 16.5. The van der Waals surface area contributed by atoms with Crippen LogP contribution in [0.2, 0.25) is 0 Å². The first kappa shape index (κ1) is 20.7. The molecule has 0 aliphatic heterocycles. The van der Waals surface area contributed by atoms with E-state index in [9.17, 15) is 0 Å². The largest absolute Gasteiger partial charge is 0.497 e. The fourth-order valence-corrected chi connectivity index (χ4v) is 4.12. The molecular weight excluding hydrogens is 404 g/mol. The molecule has 0 fully saturated rings. The number of methoxy groups -OCH3 is 1. The fourth-order valence-electron chi connectivity index (χ4n) is 4.12. The third kappa shape index (κ3) is 4.26. The molecule has 3 nitrogen and oxygen atoms in total. The molecule has 0 unspecified atom stereocenters. The van der Waals surface area contributed by atoms with Gasteiger partial charge in [-0.25, -0.2) is 0 Å². The quantitative estimate of drug-likeness (QED) is 0.271. The van der Waals surface area contributed by atoms with Crippen LogP contribution in [0.3, 0.4) is 0 Å². The van der Waals surface area contributed by atoms with E-state index in [4.69, 9.17) is 4.74 Å². The number of rotatable bonds is 6. The van der Waals surface area contributed by atoms with Crippen LogP contribution >= 0.6 is 0 Å². The van der Waals surface area contributed by atoms with Gasteiger partial charge in [0.2, 0.25) is 0 Å². The van der Waals surface area contributed by atoms with Gasteiger partial charge in [0.1, 0.15) is 5.75 Å². The molecule has 0 spiro atoms. The minimum Gasteiger partial charge on any atom is -0.497 e. The molecule has 5 rings (SSSR count). The zero-order chi connectivity index (χ0) is 22.6. The van der Waals surface area contributed by atoms with Crippen molar-refractivity contribution in [2.24, 2.45) is 0 Å². The predicted molar refractivity (Wildman–Crippen MR) is 140 cm³/mol. The molecule has 0 aromatic heterocycles. The first-order chi connectivity index (χ1) is 16.2. The zero-order valence-electron chi connectivity index (χ0n) is 18.8. The van der Waals surface area contributed by atoms with Gasteiger partial charge in [-0.2, -0.15) is 0 Å². The SMILES string of the molecule is COc1ccc(N(C)c2ccc(N(c3ccccc3)c3ccc4ccccc4c3)cc2)cc1. The lowest BCUT2D eigenvalue weighted by molar-refractivity contribution is 0.415. The van der Waals surface area contributed by atoms with Crippen LogP contribution in [-0.2, 0) is 0 Å². The smallest absolute Gasteiger partial charge is 0.119 e. The van der Waals surface area contributed by atoms with E-state index < -0.39 is 0 Å². The Bertz CT molecular complexity index is 1350. The Balaban J connectivity index is 1.51. The van der Waals surface area contributed by atoms with E-state index in [1.807, 2.05) is 12.1 Å². The summed E-state index contributed by atoms with van der Waals surface area (Å²) in [6, 6.07) is 42.4. The number of hydrogen-bond acceptors (Lipinski definition) is 3. The monoisotopic (exact) mass is 430 g/mol. The van der Waals surface area contributed by atoms with E-state index in [1.54, 1.807) is 7.11 Å². The third-order valence-corrected chi connectivity index (χ3v) is 5.96. The Labute approximate surface area is 195 Å². The summed E-state index contributed by atoms with van der Waals surface area (Å²) in [5, 5.41) is 2.47. The molecule has 0 amide bonds. The molecule has 0 aliphatic rings. The molecule has 3 heteroatoms. The van der Waals surface area contributed by atoms with E-state index in [1.165, 1.54) is 10.8 Å². The van der Waals surface area contributed by atoms with E-state index in [2.05, 4.69) is 126 Å². The molecule has 0 saturated heterocycles. The summed E-state index contributed by atoms with van der Waals surface area (Å²) in [5.74, 6) is 0.858. The van der Waals surface area contributed by atoms with Crippen molar-refractivity contribution in [1.82, 2.24) is 0 Å². The number of nitrogens with zero attached hydrogens (tertiary/aromatic N) is 2. The van der Waals surface area contributed by atoms with Crippen molar-refractivity contribution in [3.8, 4) is 5.75 Å². The molecule has 0 bridgehead atoms. The summed E-state index contributed by atoms with van der Waals surface area (Å²) >= 11 is 0. The van der Waals surface area contributed by atoms with Crippen molar-refractivity contribution in [2.45, 2.75) is 0 Å². The van der Waals surface area contributed by atoms with Gasteiger partial charge in [0.05, 0.1) is 7.11 Å². The molecule has 33 heavy (non-hydrogen) atoms. The topological polar surface area (TPSA) is 15.7 Å². The van der Waals surface area contributed by atoms with Crippen LogP contribution in [0.4, 0.5) is 28.4 Å². The van der Waals surface area contributed by atoms with Gasteiger partial charge in [0.15, 0.2) is 0 Å². The summed E-state index contributed by atoms with van der Waals surface area (Å²) in [6.07, 6.45) is 0. The van der Waals surface area contributed by atoms with Crippen molar-refractivity contribution in [2.75, 3.05) is 24.0 Å². The second kappa shape index (κ2) is 9.09. The zero-order valence-corrected chi connectivity index (χ0v) is 18.8. The van der Waals surface area contributed by atoms with Crippen molar-refractivity contribution in [1.29, 1.82) is 0 Å². The van der Waals surface area contributed by atoms with Crippen LogP contribution < -0.4 is 14.5 Å². The highest BCUT2D eigenvalue weighted by Crippen LogP contribution is 2.37. The molecule has 0 heterocycles. The van der Waals surface area contributed by atoms with E-state index >= 15 is 0 Å². The Hall–Kier alpha value is -4.24. The van der Waals surface area contributed by atoms with Gasteiger partial charge in [-0.1, -0.05) is 48.5 Å². The van der Waals surface area contributed by atoms with E-state index in [-0.39, 0.29) is 0 Å². The molecule has 162 valence electrons. The van der Waals surface area contributed by atoms with Gasteiger partial charge in [-0.05, 0) is 83.6 Å². The number of hydrogen-bond donors (Lipinski definition) is 0. The number of benzene rings is 5. The molecule has 0 aliphatic carbocycles. The number of fused-ring (bicyclic) bond motifs is 1. The summed E-state index contributed by atoms with van der Waals surface area (Å²) < 4.78 is 5.28. The molecular formula is C30H26N2O. The second-order valence-electron chi connectivity index (χ2n) is 7.98. The summed E-state index contributed by atoms with van der Waals surface area (Å²) in [4.78, 5) is 4.47. The van der Waals surface area contributed by atoms with Crippen LogP contribution in [0.1, 0.15) is 0 Å². The van der Waals surface area contributed by atoms with Crippen LogP contribution in [0.5, 0.6) is 5.75 Å². The third-order valence-electron chi connectivity index (χ3n) is 5.96. The maximum atomic E-state index is 5.28. The maximum absolute atomic E-state index is 5.28. The summed E-state index contributed by atoms with van der Waals surface area (Å²) in [7, 11) is 3.76. The summed E-state index contributed by atoms with van der Waals surface area (Å²) in [6.45, 7) is 0. The van der Waals surface area contributed by atoms with Gasteiger partial charge < -0.3 is 14.5 Å². The lowest BCUT2D eigenvalue weighted by Gasteiger charge is -2.27. The van der Waals surface area contributed by atoms with E-state index in [0.29, 0.717) is 0 Å². The Morgan fingerprint density at radius 1 is 0.485 bits per heavy atom. The van der Waals surface area contributed by atoms with Gasteiger partial charge in [-0.3, -0.25) is 0 Å². The average Bonchev–Trinajstić information content (AvgIpc) is 2.89. The molecule has 5 aromatic carbocycles. The van der Waals surface area contributed by atoms with Crippen LogP contribution in [-0.4, -0.2) is 14.2 Å². The number of anilines is 5. The number of para-hydroxylation sites is 1. The van der Waals surface area contributed by atoms with Crippen molar-refractivity contribution in [3.05, 3.63) is 121 Å². The van der Waals surface area contributed by atoms with E-state index in [0.717, 1.165) is 34.2 Å². The highest BCUT2D eigenvalue weighted by molar-refractivity contribution is 5.89. The lowest BCUT2D eigenvalue weighted by atomic mass is 10.1. The van der Waals surface area contributed by atoms with Gasteiger partial charge in [0.25, 0.3) is 0 Å². The summed E-state index contributed by atoms with van der Waals surface area (Å²) in [5.41, 5.74) is 5.61. The van der Waals surface area contributed by atoms with Crippen molar-refractivity contribution >= 4 is 39.2 Å².